The molecule has 3 heteroatoms. The Bertz CT molecular complexity index is 590. The quantitative estimate of drug-likeness (QED) is 0.890. The summed E-state index contributed by atoms with van der Waals surface area (Å²) >= 11 is 0. The monoisotopic (exact) mass is 268 g/mol. The Morgan fingerprint density at radius 2 is 1.70 bits per heavy atom. The summed E-state index contributed by atoms with van der Waals surface area (Å²) in [6, 6.07) is 16.1. The number of carbonyl (C=O) groups excluding carboxylic acids is 1. The van der Waals surface area contributed by atoms with Gasteiger partial charge in [-0.3, -0.25) is 4.79 Å². The van der Waals surface area contributed by atoms with E-state index in [1.807, 2.05) is 30.3 Å². The van der Waals surface area contributed by atoms with E-state index in [-0.39, 0.29) is 11.9 Å². The predicted octanol–water partition coefficient (Wildman–Crippen LogP) is 3.53. The van der Waals surface area contributed by atoms with Crippen LogP contribution in [0.4, 0.5) is 5.69 Å². The van der Waals surface area contributed by atoms with Crippen molar-refractivity contribution in [3.8, 4) is 0 Å². The lowest BCUT2D eigenvalue weighted by molar-refractivity contribution is 0.0963. The van der Waals surface area contributed by atoms with Gasteiger partial charge >= 0.3 is 0 Å². The fourth-order valence-electron chi connectivity index (χ4n) is 2.26. The summed E-state index contributed by atoms with van der Waals surface area (Å²) in [5.41, 5.74) is 4.23. The Labute approximate surface area is 120 Å². The summed E-state index contributed by atoms with van der Waals surface area (Å²) in [6.07, 6.45) is 0. The van der Waals surface area contributed by atoms with Gasteiger partial charge in [0.15, 0.2) is 0 Å². The smallest absolute Gasteiger partial charge is 0.251 e. The first kappa shape index (κ1) is 14.1. The lowest BCUT2D eigenvalue weighted by Gasteiger charge is -2.18. The van der Waals surface area contributed by atoms with Gasteiger partial charge < -0.3 is 10.6 Å². The first-order valence-corrected chi connectivity index (χ1v) is 6.76. The van der Waals surface area contributed by atoms with Crippen LogP contribution in [-0.2, 0) is 0 Å². The molecule has 0 fully saturated rings. The Morgan fingerprint density at radius 3 is 2.30 bits per heavy atom. The molecule has 0 spiro atoms. The van der Waals surface area contributed by atoms with E-state index in [0.29, 0.717) is 5.56 Å². The molecule has 0 aliphatic rings. The Kier molecular flexibility index (Phi) is 4.41. The van der Waals surface area contributed by atoms with Crippen molar-refractivity contribution >= 4 is 11.6 Å². The number of rotatable bonds is 4. The van der Waals surface area contributed by atoms with Gasteiger partial charge in [0.05, 0.1) is 0 Å². The highest BCUT2D eigenvalue weighted by molar-refractivity contribution is 5.94. The van der Waals surface area contributed by atoms with E-state index in [0.717, 1.165) is 5.69 Å². The number of amides is 1. The number of aryl methyl sites for hydroxylation is 1. The minimum absolute atomic E-state index is 0.0662. The zero-order chi connectivity index (χ0) is 14.5. The summed E-state index contributed by atoms with van der Waals surface area (Å²) in [5, 5.41) is 6.07. The molecular weight excluding hydrogens is 248 g/mol. The van der Waals surface area contributed by atoms with Crippen molar-refractivity contribution in [2.75, 3.05) is 12.4 Å². The van der Waals surface area contributed by atoms with Crippen molar-refractivity contribution in [3.63, 3.8) is 0 Å². The molecule has 0 radical (unpaired) electrons. The van der Waals surface area contributed by atoms with Gasteiger partial charge in [-0.05, 0) is 49.2 Å². The summed E-state index contributed by atoms with van der Waals surface area (Å²) in [5.74, 6) is -0.0662. The number of hydrogen-bond donors (Lipinski definition) is 2. The van der Waals surface area contributed by atoms with Crippen LogP contribution in [0.1, 0.15) is 34.5 Å². The third-order valence-electron chi connectivity index (χ3n) is 3.41. The van der Waals surface area contributed by atoms with Crippen molar-refractivity contribution in [1.29, 1.82) is 0 Å². The van der Waals surface area contributed by atoms with E-state index >= 15 is 0 Å². The predicted molar refractivity (Wildman–Crippen MR) is 83.0 cm³/mol. The van der Waals surface area contributed by atoms with E-state index in [1.165, 1.54) is 11.1 Å². The SMILES string of the molecule is CNC(=O)c1ccc(NC(C)c2ccccc2C)cc1. The van der Waals surface area contributed by atoms with Crippen LogP contribution in [0.2, 0.25) is 0 Å². The summed E-state index contributed by atoms with van der Waals surface area (Å²) < 4.78 is 0. The first-order chi connectivity index (χ1) is 9.61. The molecule has 1 atom stereocenters. The topological polar surface area (TPSA) is 41.1 Å². The Hall–Kier alpha value is -2.29. The first-order valence-electron chi connectivity index (χ1n) is 6.76. The van der Waals surface area contributed by atoms with E-state index in [4.69, 9.17) is 0 Å². The van der Waals surface area contributed by atoms with Gasteiger partial charge in [-0.15, -0.1) is 0 Å². The van der Waals surface area contributed by atoms with Crippen molar-refractivity contribution in [2.45, 2.75) is 19.9 Å². The molecule has 1 unspecified atom stereocenters. The maximum Gasteiger partial charge on any atom is 0.251 e. The van der Waals surface area contributed by atoms with E-state index in [1.54, 1.807) is 7.05 Å². The molecule has 0 saturated heterocycles. The van der Waals surface area contributed by atoms with E-state index < -0.39 is 0 Å². The summed E-state index contributed by atoms with van der Waals surface area (Å²) in [4.78, 5) is 11.5. The molecule has 2 aromatic carbocycles. The highest BCUT2D eigenvalue weighted by Gasteiger charge is 2.08. The number of carbonyl (C=O) groups is 1. The van der Waals surface area contributed by atoms with Crippen molar-refractivity contribution in [3.05, 3.63) is 65.2 Å². The van der Waals surface area contributed by atoms with Crippen LogP contribution in [0.3, 0.4) is 0 Å². The molecule has 2 rings (SSSR count). The minimum atomic E-state index is -0.0662. The lowest BCUT2D eigenvalue weighted by atomic mass is 10.0. The van der Waals surface area contributed by atoms with Gasteiger partial charge in [-0.25, -0.2) is 0 Å². The van der Waals surface area contributed by atoms with Crippen LogP contribution in [0.15, 0.2) is 48.5 Å². The maximum atomic E-state index is 11.5. The van der Waals surface area contributed by atoms with Crippen LogP contribution >= 0.6 is 0 Å². The summed E-state index contributed by atoms with van der Waals surface area (Å²) in [7, 11) is 1.63. The average Bonchev–Trinajstić information content (AvgIpc) is 2.47. The highest BCUT2D eigenvalue weighted by Crippen LogP contribution is 2.22. The molecule has 0 aliphatic carbocycles. The van der Waals surface area contributed by atoms with Gasteiger partial charge in [-0.1, -0.05) is 24.3 Å². The lowest BCUT2D eigenvalue weighted by Crippen LogP contribution is -2.17. The van der Waals surface area contributed by atoms with Gasteiger partial charge in [0.2, 0.25) is 0 Å². The number of hydrogen-bond acceptors (Lipinski definition) is 2. The molecule has 3 nitrogen and oxygen atoms in total. The van der Waals surface area contributed by atoms with Crippen LogP contribution in [0.25, 0.3) is 0 Å². The van der Waals surface area contributed by atoms with Crippen LogP contribution in [-0.4, -0.2) is 13.0 Å². The second-order valence-corrected chi connectivity index (χ2v) is 4.88. The Morgan fingerprint density at radius 1 is 1.05 bits per heavy atom. The van der Waals surface area contributed by atoms with E-state index in [9.17, 15) is 4.79 Å². The molecule has 0 saturated carbocycles. The molecule has 20 heavy (non-hydrogen) atoms. The average molecular weight is 268 g/mol. The van der Waals surface area contributed by atoms with Crippen molar-refractivity contribution < 1.29 is 4.79 Å². The molecule has 104 valence electrons. The second kappa shape index (κ2) is 6.24. The second-order valence-electron chi connectivity index (χ2n) is 4.88. The molecule has 0 heterocycles. The third kappa shape index (κ3) is 3.18. The summed E-state index contributed by atoms with van der Waals surface area (Å²) in [6.45, 7) is 4.25. The molecule has 1 amide bonds. The molecule has 2 N–H and O–H groups in total. The minimum Gasteiger partial charge on any atom is -0.379 e. The zero-order valence-corrected chi connectivity index (χ0v) is 12.1. The van der Waals surface area contributed by atoms with E-state index in [2.05, 4.69) is 42.7 Å². The highest BCUT2D eigenvalue weighted by atomic mass is 16.1. The maximum absolute atomic E-state index is 11.5. The number of nitrogens with one attached hydrogen (secondary N) is 2. The zero-order valence-electron chi connectivity index (χ0n) is 12.1. The van der Waals surface area contributed by atoms with Crippen molar-refractivity contribution in [1.82, 2.24) is 5.32 Å². The van der Waals surface area contributed by atoms with Crippen LogP contribution in [0, 0.1) is 6.92 Å². The standard InChI is InChI=1S/C17H20N2O/c1-12-6-4-5-7-16(12)13(2)19-15-10-8-14(9-11-15)17(20)18-3/h4-11,13,19H,1-3H3,(H,18,20). The fraction of sp³-hybridized carbons (Fsp3) is 0.235. The Balaban J connectivity index is 2.10. The molecule has 2 aromatic rings. The van der Waals surface area contributed by atoms with Gasteiger partial charge in [0.1, 0.15) is 0 Å². The van der Waals surface area contributed by atoms with Gasteiger partial charge in [0, 0.05) is 24.3 Å². The van der Waals surface area contributed by atoms with Crippen molar-refractivity contribution in [2.24, 2.45) is 0 Å². The van der Waals surface area contributed by atoms with Crippen LogP contribution < -0.4 is 10.6 Å². The largest absolute Gasteiger partial charge is 0.379 e. The van der Waals surface area contributed by atoms with Gasteiger partial charge in [-0.2, -0.15) is 0 Å². The molecule has 0 aromatic heterocycles. The van der Waals surface area contributed by atoms with Gasteiger partial charge in [0.25, 0.3) is 5.91 Å². The molecule has 0 bridgehead atoms. The molecule has 0 aliphatic heterocycles. The number of anilines is 1. The van der Waals surface area contributed by atoms with Crippen LogP contribution in [0.5, 0.6) is 0 Å². The third-order valence-corrected chi connectivity index (χ3v) is 3.41. The fourth-order valence-corrected chi connectivity index (χ4v) is 2.26. The number of benzene rings is 2. The normalized spacial score (nSPS) is 11.8. The molecular formula is C17H20N2O.